The number of benzene rings is 1. The number of hydrogen-bond donors (Lipinski definition) is 1. The molecule has 1 aromatic rings. The normalized spacial score (nSPS) is 11.6. The summed E-state index contributed by atoms with van der Waals surface area (Å²) < 4.78 is 30.6. The lowest BCUT2D eigenvalue weighted by molar-refractivity contribution is 0.340. The van der Waals surface area contributed by atoms with E-state index in [9.17, 15) is 8.42 Å². The van der Waals surface area contributed by atoms with Crippen LogP contribution in [0.5, 0.6) is 5.75 Å². The average molecular weight is 292 g/mol. The molecule has 0 saturated heterocycles. The zero-order valence-electron chi connectivity index (χ0n) is 10.8. The number of halogens is 1. The summed E-state index contributed by atoms with van der Waals surface area (Å²) in [5.74, 6) is 0.690. The van der Waals surface area contributed by atoms with Crippen LogP contribution in [-0.2, 0) is 16.6 Å². The minimum atomic E-state index is -3.19. The van der Waals surface area contributed by atoms with Crippen LogP contribution >= 0.6 is 11.6 Å². The van der Waals surface area contributed by atoms with Crippen molar-refractivity contribution in [1.82, 2.24) is 4.72 Å². The van der Waals surface area contributed by atoms with Crippen LogP contribution in [0, 0.1) is 6.92 Å². The van der Waals surface area contributed by atoms with Gasteiger partial charge in [0.1, 0.15) is 5.75 Å². The van der Waals surface area contributed by atoms with Crippen molar-refractivity contribution in [3.63, 3.8) is 0 Å². The summed E-state index contributed by atoms with van der Waals surface area (Å²) in [5.41, 5.74) is 1.79. The van der Waals surface area contributed by atoms with Gasteiger partial charge in [0.15, 0.2) is 0 Å². The zero-order valence-corrected chi connectivity index (χ0v) is 12.4. The Labute approximate surface area is 113 Å². The highest BCUT2D eigenvalue weighted by Crippen LogP contribution is 2.28. The lowest BCUT2D eigenvalue weighted by Gasteiger charge is -2.12. The van der Waals surface area contributed by atoms with E-state index in [-0.39, 0.29) is 12.3 Å². The molecule has 1 aromatic carbocycles. The molecule has 102 valence electrons. The molecule has 1 N–H and O–H groups in total. The minimum absolute atomic E-state index is 0.0663. The number of rotatable bonds is 6. The van der Waals surface area contributed by atoms with Crippen molar-refractivity contribution >= 4 is 21.6 Å². The van der Waals surface area contributed by atoms with Gasteiger partial charge in [0.25, 0.3) is 0 Å². The monoisotopic (exact) mass is 291 g/mol. The van der Waals surface area contributed by atoms with E-state index in [4.69, 9.17) is 16.3 Å². The Morgan fingerprint density at radius 1 is 1.33 bits per heavy atom. The van der Waals surface area contributed by atoms with Crippen molar-refractivity contribution in [3.05, 3.63) is 28.3 Å². The van der Waals surface area contributed by atoms with Gasteiger partial charge in [-0.25, -0.2) is 13.1 Å². The molecule has 0 aromatic heterocycles. The SMILES string of the molecule is CCOc1cc(C)c(CNS(=O)(=O)CC)cc1Cl. The van der Waals surface area contributed by atoms with Crippen LogP contribution in [0.25, 0.3) is 0 Å². The number of nitrogens with one attached hydrogen (secondary N) is 1. The topological polar surface area (TPSA) is 55.4 Å². The Bertz CT molecular complexity index is 514. The number of aryl methyl sites for hydroxylation is 1. The van der Waals surface area contributed by atoms with E-state index in [1.807, 2.05) is 19.9 Å². The summed E-state index contributed by atoms with van der Waals surface area (Å²) in [5, 5.41) is 0.494. The van der Waals surface area contributed by atoms with Gasteiger partial charge in [-0.2, -0.15) is 0 Å². The fourth-order valence-electron chi connectivity index (χ4n) is 1.44. The molecule has 18 heavy (non-hydrogen) atoms. The second-order valence-corrected chi connectivity index (χ2v) is 6.37. The number of sulfonamides is 1. The third-order valence-corrected chi connectivity index (χ3v) is 4.19. The summed E-state index contributed by atoms with van der Waals surface area (Å²) >= 11 is 6.06. The highest BCUT2D eigenvalue weighted by molar-refractivity contribution is 7.89. The molecule has 0 bridgehead atoms. The molecule has 0 fully saturated rings. The van der Waals surface area contributed by atoms with Crippen molar-refractivity contribution in [2.45, 2.75) is 27.3 Å². The Hall–Kier alpha value is -0.780. The first kappa shape index (κ1) is 15.3. The van der Waals surface area contributed by atoms with E-state index < -0.39 is 10.0 Å². The highest BCUT2D eigenvalue weighted by atomic mass is 35.5. The summed E-state index contributed by atoms with van der Waals surface area (Å²) in [4.78, 5) is 0. The fourth-order valence-corrected chi connectivity index (χ4v) is 2.26. The molecule has 0 aliphatic carbocycles. The van der Waals surface area contributed by atoms with Crippen LogP contribution in [-0.4, -0.2) is 20.8 Å². The van der Waals surface area contributed by atoms with Crippen LogP contribution in [0.1, 0.15) is 25.0 Å². The average Bonchev–Trinajstić information content (AvgIpc) is 2.32. The molecule has 1 rings (SSSR count). The maximum Gasteiger partial charge on any atom is 0.211 e. The minimum Gasteiger partial charge on any atom is -0.492 e. The third kappa shape index (κ3) is 4.15. The van der Waals surface area contributed by atoms with Gasteiger partial charge >= 0.3 is 0 Å². The van der Waals surface area contributed by atoms with Gasteiger partial charge in [-0.15, -0.1) is 0 Å². The second kappa shape index (κ2) is 6.41. The van der Waals surface area contributed by atoms with Crippen molar-refractivity contribution in [2.75, 3.05) is 12.4 Å². The van der Waals surface area contributed by atoms with Crippen molar-refractivity contribution in [1.29, 1.82) is 0 Å². The fraction of sp³-hybridized carbons (Fsp3) is 0.500. The van der Waals surface area contributed by atoms with Gasteiger partial charge < -0.3 is 4.74 Å². The van der Waals surface area contributed by atoms with Crippen molar-refractivity contribution in [2.24, 2.45) is 0 Å². The molecule has 0 heterocycles. The Kier molecular flexibility index (Phi) is 5.44. The third-order valence-electron chi connectivity index (χ3n) is 2.55. The van der Waals surface area contributed by atoms with Crippen LogP contribution in [0.3, 0.4) is 0 Å². The standard InChI is InChI=1S/C12H18ClNO3S/c1-4-17-12-6-9(3)10(7-11(12)13)8-14-18(15,16)5-2/h6-7,14H,4-5,8H2,1-3H3. The van der Waals surface area contributed by atoms with Crippen molar-refractivity contribution in [3.8, 4) is 5.75 Å². The van der Waals surface area contributed by atoms with Gasteiger partial charge in [-0.3, -0.25) is 0 Å². The molecule has 0 radical (unpaired) electrons. The molecule has 6 heteroatoms. The quantitative estimate of drug-likeness (QED) is 0.876. The first-order valence-electron chi connectivity index (χ1n) is 5.78. The molecule has 0 aliphatic heterocycles. The van der Waals surface area contributed by atoms with Gasteiger partial charge in [0.05, 0.1) is 17.4 Å². The van der Waals surface area contributed by atoms with E-state index in [2.05, 4.69) is 4.72 Å². The maximum atomic E-state index is 11.4. The Morgan fingerprint density at radius 3 is 2.56 bits per heavy atom. The van der Waals surface area contributed by atoms with Gasteiger partial charge in [0, 0.05) is 6.54 Å². The summed E-state index contributed by atoms with van der Waals surface area (Å²) in [7, 11) is -3.19. The molecule has 0 amide bonds. The number of ether oxygens (including phenoxy) is 1. The zero-order chi connectivity index (χ0) is 13.8. The Morgan fingerprint density at radius 2 is 2.00 bits per heavy atom. The Balaban J connectivity index is 2.88. The first-order chi connectivity index (χ1) is 8.39. The van der Waals surface area contributed by atoms with E-state index >= 15 is 0 Å². The van der Waals surface area contributed by atoms with Crippen LogP contribution in [0.2, 0.25) is 5.02 Å². The molecule has 0 unspecified atom stereocenters. The predicted molar refractivity (Wildman–Crippen MR) is 73.7 cm³/mol. The van der Waals surface area contributed by atoms with Crippen LogP contribution in [0.4, 0.5) is 0 Å². The van der Waals surface area contributed by atoms with Crippen molar-refractivity contribution < 1.29 is 13.2 Å². The second-order valence-electron chi connectivity index (χ2n) is 3.87. The largest absolute Gasteiger partial charge is 0.492 e. The van der Waals surface area contributed by atoms with Crippen LogP contribution in [0.15, 0.2) is 12.1 Å². The van der Waals surface area contributed by atoms with E-state index in [0.29, 0.717) is 17.4 Å². The van der Waals surface area contributed by atoms with Crippen LogP contribution < -0.4 is 9.46 Å². The molecule has 4 nitrogen and oxygen atoms in total. The predicted octanol–water partition coefficient (Wildman–Crippen LogP) is 2.49. The summed E-state index contributed by atoms with van der Waals surface area (Å²) in [6, 6.07) is 3.56. The molecule has 0 aliphatic rings. The molecule has 0 spiro atoms. The molecular formula is C12H18ClNO3S. The lowest BCUT2D eigenvalue weighted by atomic mass is 10.1. The maximum absolute atomic E-state index is 11.4. The van der Waals surface area contributed by atoms with E-state index in [1.165, 1.54) is 0 Å². The summed E-state index contributed by atoms with van der Waals surface area (Å²) in [6.07, 6.45) is 0. The smallest absolute Gasteiger partial charge is 0.211 e. The lowest BCUT2D eigenvalue weighted by Crippen LogP contribution is -2.25. The highest BCUT2D eigenvalue weighted by Gasteiger charge is 2.10. The van der Waals surface area contributed by atoms with E-state index in [0.717, 1.165) is 11.1 Å². The first-order valence-corrected chi connectivity index (χ1v) is 7.81. The summed E-state index contributed by atoms with van der Waals surface area (Å²) in [6.45, 7) is 6.17. The molecule has 0 saturated carbocycles. The molecular weight excluding hydrogens is 274 g/mol. The van der Waals surface area contributed by atoms with Gasteiger partial charge in [-0.05, 0) is 44.0 Å². The van der Waals surface area contributed by atoms with Gasteiger partial charge in [0.2, 0.25) is 10.0 Å². The number of hydrogen-bond acceptors (Lipinski definition) is 3. The molecule has 0 atom stereocenters. The van der Waals surface area contributed by atoms with Gasteiger partial charge in [-0.1, -0.05) is 11.6 Å². The van der Waals surface area contributed by atoms with E-state index in [1.54, 1.807) is 13.0 Å².